The number of halogens is 1. The maximum Gasteiger partial charge on any atom is 0.255 e. The van der Waals surface area contributed by atoms with Crippen molar-refractivity contribution in [1.29, 1.82) is 0 Å². The van der Waals surface area contributed by atoms with Crippen molar-refractivity contribution in [2.75, 3.05) is 0 Å². The van der Waals surface area contributed by atoms with Gasteiger partial charge in [-0.15, -0.1) is 0 Å². The van der Waals surface area contributed by atoms with Crippen LogP contribution in [0.25, 0.3) is 5.69 Å². The highest BCUT2D eigenvalue weighted by Gasteiger charge is 2.03. The molecule has 0 amide bonds. The summed E-state index contributed by atoms with van der Waals surface area (Å²) in [6, 6.07) is 11.6. The molecule has 0 bridgehead atoms. The summed E-state index contributed by atoms with van der Waals surface area (Å²) in [5.74, 6) is 0.383. The van der Waals surface area contributed by atoms with Gasteiger partial charge in [-0.1, -0.05) is 13.8 Å². The molecular weight excluding hydrogens is 325 g/mol. The molecule has 0 aliphatic heterocycles. The molecule has 0 aliphatic carbocycles. The van der Waals surface area contributed by atoms with Crippen LogP contribution in [0.3, 0.4) is 0 Å². The lowest BCUT2D eigenvalue weighted by Crippen LogP contribution is -2.17. The Balaban J connectivity index is 2.47. The van der Waals surface area contributed by atoms with Crippen molar-refractivity contribution in [3.63, 3.8) is 0 Å². The van der Waals surface area contributed by atoms with E-state index < -0.39 is 0 Å². The molecule has 1 aromatic carbocycles. The van der Waals surface area contributed by atoms with Gasteiger partial charge >= 0.3 is 0 Å². The van der Waals surface area contributed by atoms with Crippen LogP contribution < -0.4 is 5.56 Å². The first kappa shape index (κ1) is 12.4. The Labute approximate surface area is 114 Å². The molecule has 2 nitrogen and oxygen atoms in total. The number of pyridine rings is 1. The van der Waals surface area contributed by atoms with Gasteiger partial charge in [0.1, 0.15) is 0 Å². The Morgan fingerprint density at radius 1 is 1.12 bits per heavy atom. The summed E-state index contributed by atoms with van der Waals surface area (Å²) >= 11 is 2.25. The van der Waals surface area contributed by atoms with Gasteiger partial charge in [0.2, 0.25) is 0 Å². The molecule has 1 heterocycles. The zero-order valence-corrected chi connectivity index (χ0v) is 12.0. The van der Waals surface area contributed by atoms with Gasteiger partial charge in [0.05, 0.1) is 0 Å². The van der Waals surface area contributed by atoms with Crippen LogP contribution in [0.15, 0.2) is 47.4 Å². The summed E-state index contributed by atoms with van der Waals surface area (Å²) in [5.41, 5.74) is 2.01. The molecule has 0 N–H and O–H groups in total. The maximum absolute atomic E-state index is 12.0. The van der Waals surface area contributed by atoms with E-state index in [0.29, 0.717) is 5.92 Å². The van der Waals surface area contributed by atoms with E-state index in [-0.39, 0.29) is 5.56 Å². The molecule has 0 fully saturated rings. The second-order valence-corrected chi connectivity index (χ2v) is 5.55. The summed E-state index contributed by atoms with van der Waals surface area (Å²) in [6.07, 6.45) is 1.85. The molecule has 3 heteroatoms. The van der Waals surface area contributed by atoms with Crippen LogP contribution in [0.5, 0.6) is 0 Å². The summed E-state index contributed by atoms with van der Waals surface area (Å²) in [4.78, 5) is 12.0. The van der Waals surface area contributed by atoms with Crippen LogP contribution in [0.2, 0.25) is 0 Å². The summed E-state index contributed by atoms with van der Waals surface area (Å²) in [6.45, 7) is 4.17. The van der Waals surface area contributed by atoms with Gasteiger partial charge in [-0.05, 0) is 64.4 Å². The number of hydrogen-bond donors (Lipinski definition) is 0. The van der Waals surface area contributed by atoms with Gasteiger partial charge in [0.25, 0.3) is 5.56 Å². The van der Waals surface area contributed by atoms with Gasteiger partial charge in [-0.3, -0.25) is 9.36 Å². The topological polar surface area (TPSA) is 22.0 Å². The number of benzene rings is 1. The Bertz CT molecular complexity index is 570. The first-order valence-electron chi connectivity index (χ1n) is 5.56. The zero-order valence-electron chi connectivity index (χ0n) is 9.85. The van der Waals surface area contributed by atoms with E-state index in [9.17, 15) is 4.79 Å². The van der Waals surface area contributed by atoms with Crippen molar-refractivity contribution in [3.8, 4) is 5.69 Å². The van der Waals surface area contributed by atoms with Crippen molar-refractivity contribution in [3.05, 3.63) is 62.1 Å². The third-order valence-electron chi connectivity index (χ3n) is 2.72. The fourth-order valence-corrected chi connectivity index (χ4v) is 2.03. The van der Waals surface area contributed by atoms with Crippen molar-refractivity contribution >= 4 is 22.6 Å². The van der Waals surface area contributed by atoms with Crippen molar-refractivity contribution in [2.45, 2.75) is 19.8 Å². The standard InChI is InChI=1S/C14H14INO/c1-10(2)11-7-8-16(14(17)9-11)13-5-3-12(15)4-6-13/h3-10H,1-2H3. The minimum absolute atomic E-state index is 0.0254. The molecule has 0 spiro atoms. The average Bonchev–Trinajstić information content (AvgIpc) is 2.30. The maximum atomic E-state index is 12.0. The quantitative estimate of drug-likeness (QED) is 0.767. The van der Waals surface area contributed by atoms with E-state index in [1.807, 2.05) is 36.5 Å². The molecule has 0 atom stereocenters. The molecule has 0 aliphatic rings. The van der Waals surface area contributed by atoms with Crippen LogP contribution in [0, 0.1) is 3.57 Å². The lowest BCUT2D eigenvalue weighted by atomic mass is 10.1. The van der Waals surface area contributed by atoms with Crippen LogP contribution in [-0.4, -0.2) is 4.57 Å². The van der Waals surface area contributed by atoms with Crippen LogP contribution >= 0.6 is 22.6 Å². The lowest BCUT2D eigenvalue weighted by Gasteiger charge is -2.09. The molecule has 88 valence electrons. The minimum atomic E-state index is 0.0254. The Morgan fingerprint density at radius 3 is 2.29 bits per heavy atom. The smallest absolute Gasteiger partial charge is 0.255 e. The van der Waals surface area contributed by atoms with E-state index in [1.165, 1.54) is 0 Å². The van der Waals surface area contributed by atoms with Gasteiger partial charge in [0, 0.05) is 21.5 Å². The normalized spacial score (nSPS) is 10.8. The van der Waals surface area contributed by atoms with E-state index in [2.05, 4.69) is 36.4 Å². The van der Waals surface area contributed by atoms with Gasteiger partial charge in [-0.25, -0.2) is 0 Å². The van der Waals surface area contributed by atoms with E-state index in [4.69, 9.17) is 0 Å². The molecule has 2 aromatic rings. The summed E-state index contributed by atoms with van der Waals surface area (Å²) in [5, 5.41) is 0. The summed E-state index contributed by atoms with van der Waals surface area (Å²) < 4.78 is 2.83. The third kappa shape index (κ3) is 2.77. The van der Waals surface area contributed by atoms with E-state index in [1.54, 1.807) is 10.6 Å². The lowest BCUT2D eigenvalue weighted by molar-refractivity contribution is 0.847. The van der Waals surface area contributed by atoms with Crippen molar-refractivity contribution in [2.24, 2.45) is 0 Å². The molecule has 0 unspecified atom stereocenters. The molecular formula is C14H14INO. The number of aromatic nitrogens is 1. The highest BCUT2D eigenvalue weighted by atomic mass is 127. The van der Waals surface area contributed by atoms with Gasteiger partial charge < -0.3 is 0 Å². The number of nitrogens with zero attached hydrogens (tertiary/aromatic N) is 1. The predicted octanol–water partition coefficient (Wildman–Crippen LogP) is 3.57. The average molecular weight is 339 g/mol. The second kappa shape index (κ2) is 5.04. The van der Waals surface area contributed by atoms with Crippen molar-refractivity contribution < 1.29 is 0 Å². The fourth-order valence-electron chi connectivity index (χ4n) is 1.67. The zero-order chi connectivity index (χ0) is 12.4. The molecule has 1 aromatic heterocycles. The van der Waals surface area contributed by atoms with E-state index in [0.717, 1.165) is 14.8 Å². The molecule has 0 saturated heterocycles. The Morgan fingerprint density at radius 2 is 1.76 bits per heavy atom. The first-order valence-corrected chi connectivity index (χ1v) is 6.64. The van der Waals surface area contributed by atoms with Gasteiger partial charge in [0.15, 0.2) is 0 Å². The number of rotatable bonds is 2. The Kier molecular flexibility index (Phi) is 3.66. The largest absolute Gasteiger partial charge is 0.284 e. The predicted molar refractivity (Wildman–Crippen MR) is 78.8 cm³/mol. The molecule has 0 saturated carbocycles. The Hall–Kier alpha value is -1.10. The van der Waals surface area contributed by atoms with Crippen LogP contribution in [-0.2, 0) is 0 Å². The highest BCUT2D eigenvalue weighted by molar-refractivity contribution is 14.1. The molecule has 0 radical (unpaired) electrons. The van der Waals surface area contributed by atoms with E-state index >= 15 is 0 Å². The molecule has 2 rings (SSSR count). The highest BCUT2D eigenvalue weighted by Crippen LogP contribution is 2.13. The summed E-state index contributed by atoms with van der Waals surface area (Å²) in [7, 11) is 0. The fraction of sp³-hybridized carbons (Fsp3) is 0.214. The monoisotopic (exact) mass is 339 g/mol. The molecule has 17 heavy (non-hydrogen) atoms. The van der Waals surface area contributed by atoms with Crippen LogP contribution in [0.4, 0.5) is 0 Å². The van der Waals surface area contributed by atoms with Gasteiger partial charge in [-0.2, -0.15) is 0 Å². The SMILES string of the molecule is CC(C)c1ccn(-c2ccc(I)cc2)c(=O)c1. The van der Waals surface area contributed by atoms with Crippen molar-refractivity contribution in [1.82, 2.24) is 4.57 Å². The third-order valence-corrected chi connectivity index (χ3v) is 3.43. The van der Waals surface area contributed by atoms with Crippen LogP contribution in [0.1, 0.15) is 25.3 Å². The second-order valence-electron chi connectivity index (χ2n) is 4.30. The number of hydrogen-bond acceptors (Lipinski definition) is 1. The first-order chi connectivity index (χ1) is 8.08. The minimum Gasteiger partial charge on any atom is -0.284 e.